The first-order valence-corrected chi connectivity index (χ1v) is 10.1. The van der Waals surface area contributed by atoms with E-state index in [-0.39, 0.29) is 0 Å². The highest BCUT2D eigenvalue weighted by Gasteiger charge is 2.18. The van der Waals surface area contributed by atoms with Crippen LogP contribution >= 0.6 is 22.6 Å². The number of hydrogen-bond donors (Lipinski definition) is 0. The second-order valence-corrected chi connectivity index (χ2v) is 7.49. The van der Waals surface area contributed by atoms with Gasteiger partial charge in [0.05, 0.1) is 5.69 Å². The lowest BCUT2D eigenvalue weighted by Crippen LogP contribution is -2.13. The second-order valence-electron chi connectivity index (χ2n) is 6.73. The maximum absolute atomic E-state index is 2.47. The van der Waals surface area contributed by atoms with Crippen LogP contribution in [0.15, 0.2) is 60.7 Å². The zero-order chi connectivity index (χ0) is 18.0. The van der Waals surface area contributed by atoms with Gasteiger partial charge in [-0.3, -0.25) is 0 Å². The van der Waals surface area contributed by atoms with Gasteiger partial charge in [-0.15, -0.1) is 0 Å². The molecule has 0 aliphatic carbocycles. The average Bonchev–Trinajstić information content (AvgIpc) is 2.59. The molecule has 0 saturated heterocycles. The van der Waals surface area contributed by atoms with Gasteiger partial charge in [0.15, 0.2) is 0 Å². The third kappa shape index (κ3) is 3.90. The Kier molecular flexibility index (Phi) is 5.48. The van der Waals surface area contributed by atoms with E-state index in [4.69, 9.17) is 0 Å². The molecule has 3 aromatic carbocycles. The van der Waals surface area contributed by atoms with Crippen molar-refractivity contribution in [2.75, 3.05) is 4.90 Å². The van der Waals surface area contributed by atoms with Crippen LogP contribution in [-0.4, -0.2) is 0 Å². The zero-order valence-corrected chi connectivity index (χ0v) is 17.5. The number of rotatable bonds is 4. The van der Waals surface area contributed by atoms with Gasteiger partial charge < -0.3 is 4.90 Å². The van der Waals surface area contributed by atoms with E-state index in [2.05, 4.69) is 116 Å². The third-order valence-electron chi connectivity index (χ3n) is 4.48. The Balaban J connectivity index is 2.25. The quantitative estimate of drug-likeness (QED) is 0.303. The average molecular weight is 441 g/mol. The molecule has 0 bridgehead atoms. The largest absolute Gasteiger partial charge is 0.310 e. The fourth-order valence-corrected chi connectivity index (χ4v) is 3.85. The monoisotopic (exact) mass is 441 g/mol. The maximum atomic E-state index is 2.47. The van der Waals surface area contributed by atoms with Crippen LogP contribution in [0, 0.1) is 27.7 Å². The van der Waals surface area contributed by atoms with Gasteiger partial charge >= 0.3 is 0 Å². The van der Waals surface area contributed by atoms with Crippen molar-refractivity contribution in [2.45, 2.75) is 32.1 Å². The van der Waals surface area contributed by atoms with Gasteiger partial charge in [0.2, 0.25) is 0 Å². The summed E-state index contributed by atoms with van der Waals surface area (Å²) in [4.78, 5) is 2.39. The summed E-state index contributed by atoms with van der Waals surface area (Å²) in [6.07, 6.45) is 0. The first-order chi connectivity index (χ1) is 12.0. The molecule has 25 heavy (non-hydrogen) atoms. The second kappa shape index (κ2) is 7.61. The van der Waals surface area contributed by atoms with E-state index in [1.807, 2.05) is 0 Å². The minimum Gasteiger partial charge on any atom is -0.310 e. The van der Waals surface area contributed by atoms with Gasteiger partial charge in [-0.25, -0.2) is 0 Å². The highest BCUT2D eigenvalue weighted by atomic mass is 127. The van der Waals surface area contributed by atoms with Crippen molar-refractivity contribution < 1.29 is 0 Å². The van der Waals surface area contributed by atoms with Gasteiger partial charge in [-0.2, -0.15) is 0 Å². The SMILES string of the molecule is Cc1ccc(N(c2ccc(C)cc2)c2c(C)cc(C)cc2CI)cc1. The Morgan fingerprint density at radius 1 is 0.680 bits per heavy atom. The molecule has 0 heterocycles. The van der Waals surface area contributed by atoms with Crippen molar-refractivity contribution in [3.63, 3.8) is 0 Å². The molecule has 0 aliphatic heterocycles. The first-order valence-electron chi connectivity index (χ1n) is 8.59. The van der Waals surface area contributed by atoms with Crippen LogP contribution in [0.25, 0.3) is 0 Å². The summed E-state index contributed by atoms with van der Waals surface area (Å²) >= 11 is 2.47. The molecule has 0 amide bonds. The molecule has 3 rings (SSSR count). The number of hydrogen-bond acceptors (Lipinski definition) is 1. The smallest absolute Gasteiger partial charge is 0.0530 e. The van der Waals surface area contributed by atoms with Crippen LogP contribution in [0.4, 0.5) is 17.1 Å². The third-order valence-corrected chi connectivity index (χ3v) is 5.30. The fraction of sp³-hybridized carbons (Fsp3) is 0.217. The van der Waals surface area contributed by atoms with Crippen LogP contribution < -0.4 is 4.90 Å². The Morgan fingerprint density at radius 2 is 1.16 bits per heavy atom. The van der Waals surface area contributed by atoms with Crippen molar-refractivity contribution in [1.29, 1.82) is 0 Å². The van der Waals surface area contributed by atoms with Crippen LogP contribution in [-0.2, 0) is 4.43 Å². The molecule has 0 aromatic heterocycles. The minimum absolute atomic E-state index is 0.990. The molecule has 128 valence electrons. The Morgan fingerprint density at radius 3 is 1.60 bits per heavy atom. The maximum Gasteiger partial charge on any atom is 0.0530 e. The molecule has 0 radical (unpaired) electrons. The van der Waals surface area contributed by atoms with Crippen LogP contribution in [0.2, 0.25) is 0 Å². The molecule has 2 heteroatoms. The van der Waals surface area contributed by atoms with E-state index < -0.39 is 0 Å². The summed E-state index contributed by atoms with van der Waals surface area (Å²) in [6.45, 7) is 8.66. The number of nitrogens with zero attached hydrogens (tertiary/aromatic N) is 1. The van der Waals surface area contributed by atoms with Crippen molar-refractivity contribution in [3.05, 3.63) is 88.5 Å². The lowest BCUT2D eigenvalue weighted by Gasteiger charge is -2.29. The van der Waals surface area contributed by atoms with Crippen molar-refractivity contribution in [2.24, 2.45) is 0 Å². The molecular formula is C23H24IN. The van der Waals surface area contributed by atoms with Crippen molar-refractivity contribution >= 4 is 39.7 Å². The summed E-state index contributed by atoms with van der Waals surface area (Å²) in [5.41, 5.74) is 10.3. The summed E-state index contributed by atoms with van der Waals surface area (Å²) in [6, 6.07) is 22.2. The first kappa shape index (κ1) is 18.0. The Bertz CT molecular complexity index is 818. The number of halogens is 1. The Labute approximate surface area is 164 Å². The zero-order valence-electron chi connectivity index (χ0n) is 15.3. The van der Waals surface area contributed by atoms with Gasteiger partial charge in [-0.1, -0.05) is 75.7 Å². The van der Waals surface area contributed by atoms with Crippen LogP contribution in [0.3, 0.4) is 0 Å². The normalized spacial score (nSPS) is 10.8. The number of anilines is 3. The molecule has 0 unspecified atom stereocenters. The summed E-state index contributed by atoms with van der Waals surface area (Å²) < 4.78 is 0.990. The standard InChI is InChI=1S/C23H24IN/c1-16-5-9-21(10-6-16)25(22-11-7-17(2)8-12-22)23-19(4)13-18(3)14-20(23)15-24/h5-14H,15H2,1-4H3. The van der Waals surface area contributed by atoms with E-state index in [0.717, 1.165) is 4.43 Å². The highest BCUT2D eigenvalue weighted by Crippen LogP contribution is 2.40. The highest BCUT2D eigenvalue weighted by molar-refractivity contribution is 14.1. The van der Waals surface area contributed by atoms with Crippen molar-refractivity contribution in [3.8, 4) is 0 Å². The molecule has 0 aliphatic rings. The number of alkyl halides is 1. The summed E-state index contributed by atoms with van der Waals surface area (Å²) in [7, 11) is 0. The van der Waals surface area contributed by atoms with Crippen LogP contribution in [0.1, 0.15) is 27.8 Å². The van der Waals surface area contributed by atoms with E-state index in [1.54, 1.807) is 0 Å². The minimum atomic E-state index is 0.990. The molecular weight excluding hydrogens is 417 g/mol. The number of benzene rings is 3. The summed E-state index contributed by atoms with van der Waals surface area (Å²) in [5, 5.41) is 0. The molecule has 1 nitrogen and oxygen atoms in total. The lowest BCUT2D eigenvalue weighted by atomic mass is 10.0. The van der Waals surface area contributed by atoms with E-state index in [1.165, 1.54) is 44.9 Å². The topological polar surface area (TPSA) is 3.24 Å². The molecule has 0 atom stereocenters. The molecule has 0 saturated carbocycles. The number of aryl methyl sites for hydroxylation is 4. The van der Waals surface area contributed by atoms with Gasteiger partial charge in [0.25, 0.3) is 0 Å². The predicted molar refractivity (Wildman–Crippen MR) is 118 cm³/mol. The van der Waals surface area contributed by atoms with Gasteiger partial charge in [-0.05, 0) is 63.1 Å². The predicted octanol–water partition coefficient (Wildman–Crippen LogP) is 7.33. The van der Waals surface area contributed by atoms with Gasteiger partial charge in [0.1, 0.15) is 0 Å². The van der Waals surface area contributed by atoms with Crippen LogP contribution in [0.5, 0.6) is 0 Å². The molecule has 3 aromatic rings. The molecule has 0 spiro atoms. The molecule has 0 N–H and O–H groups in total. The lowest BCUT2D eigenvalue weighted by molar-refractivity contribution is 1.19. The summed E-state index contributed by atoms with van der Waals surface area (Å²) in [5.74, 6) is 0. The Hall–Kier alpha value is -1.81. The van der Waals surface area contributed by atoms with E-state index >= 15 is 0 Å². The van der Waals surface area contributed by atoms with Gasteiger partial charge in [0, 0.05) is 15.8 Å². The van der Waals surface area contributed by atoms with E-state index in [9.17, 15) is 0 Å². The van der Waals surface area contributed by atoms with E-state index in [0.29, 0.717) is 0 Å². The molecule has 0 fully saturated rings. The van der Waals surface area contributed by atoms with Crippen molar-refractivity contribution in [1.82, 2.24) is 0 Å². The fourth-order valence-electron chi connectivity index (χ4n) is 3.26.